The molecule has 5 nitrogen and oxygen atoms in total. The first kappa shape index (κ1) is 22.1. The summed E-state index contributed by atoms with van der Waals surface area (Å²) in [6.45, 7) is 6.20. The largest absolute Gasteiger partial charge is 0.478 e. The number of rotatable bonds is 8. The van der Waals surface area contributed by atoms with Gasteiger partial charge in [0.15, 0.2) is 0 Å². The van der Waals surface area contributed by atoms with Crippen LogP contribution in [-0.2, 0) is 13.0 Å². The number of carbonyl (C=O) groups is 1. The van der Waals surface area contributed by atoms with Gasteiger partial charge in [0.2, 0.25) is 0 Å². The highest BCUT2D eigenvalue weighted by Gasteiger charge is 2.15. The first-order chi connectivity index (χ1) is 15.7. The van der Waals surface area contributed by atoms with E-state index in [1.54, 1.807) is 12.1 Å². The molecule has 32 heavy (non-hydrogen) atoms. The number of hydrogen-bond donors (Lipinski definition) is 1. The molecule has 1 fully saturated rings. The fourth-order valence-electron chi connectivity index (χ4n) is 4.05. The zero-order valence-electron chi connectivity index (χ0n) is 18.3. The van der Waals surface area contributed by atoms with E-state index >= 15 is 0 Å². The Balaban J connectivity index is 1.22. The average Bonchev–Trinajstić information content (AvgIpc) is 3.05. The molecule has 1 heterocycles. The van der Waals surface area contributed by atoms with E-state index in [2.05, 4.69) is 21.9 Å². The van der Waals surface area contributed by atoms with E-state index in [0.29, 0.717) is 5.56 Å². The average molecular weight is 431 g/mol. The Morgan fingerprint density at radius 3 is 2.09 bits per heavy atom. The Hall–Kier alpha value is -3.15. The molecule has 3 aromatic rings. The molecular weight excluding hydrogens is 400 g/mol. The number of ether oxygens (including phenoxy) is 1. The molecule has 4 rings (SSSR count). The van der Waals surface area contributed by atoms with Crippen molar-refractivity contribution < 1.29 is 14.6 Å². The Bertz CT molecular complexity index is 988. The van der Waals surface area contributed by atoms with Gasteiger partial charge in [-0.15, -0.1) is 0 Å². The van der Waals surface area contributed by atoms with Gasteiger partial charge in [0.1, 0.15) is 11.5 Å². The molecule has 0 saturated carbocycles. The lowest BCUT2D eigenvalue weighted by Gasteiger charge is -2.22. The van der Waals surface area contributed by atoms with Crippen LogP contribution < -0.4 is 4.74 Å². The molecule has 0 aromatic heterocycles. The van der Waals surface area contributed by atoms with Gasteiger partial charge in [-0.2, -0.15) is 0 Å². The first-order valence-corrected chi connectivity index (χ1v) is 11.2. The molecule has 1 saturated heterocycles. The van der Waals surface area contributed by atoms with Crippen LogP contribution in [-0.4, -0.2) is 53.6 Å². The number of nitrogens with zero attached hydrogens (tertiary/aromatic N) is 2. The standard InChI is InChI=1S/C27H30N2O3/c30-27(31)24-11-7-23(8-12-24)21-29-17-4-16-28(19-20-29)18-15-22-9-13-26(14-10-22)32-25-5-2-1-3-6-25/h1-3,5-14H,4,15-21H2,(H,30,31). The number of benzene rings is 3. The fourth-order valence-corrected chi connectivity index (χ4v) is 4.05. The van der Waals surface area contributed by atoms with Gasteiger partial charge < -0.3 is 14.7 Å². The van der Waals surface area contributed by atoms with Crippen molar-refractivity contribution in [2.75, 3.05) is 32.7 Å². The third-order valence-corrected chi connectivity index (χ3v) is 5.91. The SMILES string of the molecule is O=C(O)c1ccc(CN2CCCN(CCc3ccc(Oc4ccccc4)cc3)CC2)cc1. The fraction of sp³-hybridized carbons (Fsp3) is 0.296. The van der Waals surface area contributed by atoms with Gasteiger partial charge in [0, 0.05) is 26.2 Å². The molecule has 0 spiro atoms. The minimum Gasteiger partial charge on any atom is -0.478 e. The number of para-hydroxylation sites is 1. The molecule has 0 amide bonds. The predicted octanol–water partition coefficient (Wildman–Crippen LogP) is 4.93. The third kappa shape index (κ3) is 6.42. The van der Waals surface area contributed by atoms with Crippen LogP contribution in [0.2, 0.25) is 0 Å². The Morgan fingerprint density at radius 2 is 1.38 bits per heavy atom. The highest BCUT2D eigenvalue weighted by atomic mass is 16.5. The number of carboxylic acids is 1. The van der Waals surface area contributed by atoms with Crippen LogP contribution in [0.5, 0.6) is 11.5 Å². The smallest absolute Gasteiger partial charge is 0.335 e. The second-order valence-corrected chi connectivity index (χ2v) is 8.28. The minimum atomic E-state index is -0.875. The lowest BCUT2D eigenvalue weighted by Crippen LogP contribution is -2.31. The topological polar surface area (TPSA) is 53.0 Å². The second kappa shape index (κ2) is 10.9. The molecule has 0 atom stereocenters. The second-order valence-electron chi connectivity index (χ2n) is 8.28. The molecule has 0 aliphatic carbocycles. The Morgan fingerprint density at radius 1 is 0.750 bits per heavy atom. The van der Waals surface area contributed by atoms with Crippen LogP contribution in [0, 0.1) is 0 Å². The lowest BCUT2D eigenvalue weighted by molar-refractivity contribution is 0.0697. The molecule has 1 N–H and O–H groups in total. The van der Waals surface area contributed by atoms with Gasteiger partial charge in [-0.1, -0.05) is 42.5 Å². The maximum Gasteiger partial charge on any atom is 0.335 e. The zero-order valence-corrected chi connectivity index (χ0v) is 18.3. The van der Waals surface area contributed by atoms with Crippen LogP contribution in [0.1, 0.15) is 27.9 Å². The van der Waals surface area contributed by atoms with Crippen LogP contribution >= 0.6 is 0 Å². The number of hydrogen-bond acceptors (Lipinski definition) is 4. The van der Waals surface area contributed by atoms with E-state index in [1.165, 1.54) is 11.1 Å². The van der Waals surface area contributed by atoms with Crippen LogP contribution in [0.4, 0.5) is 0 Å². The van der Waals surface area contributed by atoms with Gasteiger partial charge in [0.05, 0.1) is 5.56 Å². The summed E-state index contributed by atoms with van der Waals surface area (Å²) in [5.74, 6) is 0.842. The normalized spacial score (nSPS) is 15.2. The number of carboxylic acid groups (broad SMARTS) is 1. The summed E-state index contributed by atoms with van der Waals surface area (Å²) in [6, 6.07) is 25.5. The van der Waals surface area contributed by atoms with Crippen molar-refractivity contribution in [1.82, 2.24) is 9.80 Å². The molecule has 166 valence electrons. The molecule has 0 unspecified atom stereocenters. The number of aromatic carboxylic acids is 1. The van der Waals surface area contributed by atoms with Gasteiger partial charge in [-0.25, -0.2) is 4.79 Å². The van der Waals surface area contributed by atoms with E-state index in [0.717, 1.165) is 63.6 Å². The van der Waals surface area contributed by atoms with Crippen LogP contribution in [0.15, 0.2) is 78.9 Å². The third-order valence-electron chi connectivity index (χ3n) is 5.91. The monoisotopic (exact) mass is 430 g/mol. The molecule has 5 heteroatoms. The van der Waals surface area contributed by atoms with Crippen molar-refractivity contribution in [3.63, 3.8) is 0 Å². The summed E-state index contributed by atoms with van der Waals surface area (Å²) >= 11 is 0. The van der Waals surface area contributed by atoms with E-state index < -0.39 is 5.97 Å². The van der Waals surface area contributed by atoms with Crippen LogP contribution in [0.25, 0.3) is 0 Å². The van der Waals surface area contributed by atoms with Gasteiger partial charge >= 0.3 is 5.97 Å². The van der Waals surface area contributed by atoms with E-state index in [4.69, 9.17) is 9.84 Å². The molecule has 1 aliphatic rings. The molecule has 3 aromatic carbocycles. The molecule has 1 aliphatic heterocycles. The first-order valence-electron chi connectivity index (χ1n) is 11.2. The highest BCUT2D eigenvalue weighted by molar-refractivity contribution is 5.87. The van der Waals surface area contributed by atoms with Crippen molar-refractivity contribution in [2.45, 2.75) is 19.4 Å². The Kier molecular flexibility index (Phi) is 7.54. The lowest BCUT2D eigenvalue weighted by atomic mass is 10.1. The summed E-state index contributed by atoms with van der Waals surface area (Å²) in [7, 11) is 0. The molecular formula is C27H30N2O3. The van der Waals surface area contributed by atoms with Gasteiger partial charge in [0.25, 0.3) is 0 Å². The van der Waals surface area contributed by atoms with Gasteiger partial charge in [-0.3, -0.25) is 4.90 Å². The summed E-state index contributed by atoms with van der Waals surface area (Å²) < 4.78 is 5.88. The van der Waals surface area contributed by atoms with E-state index in [9.17, 15) is 4.79 Å². The van der Waals surface area contributed by atoms with Crippen molar-refractivity contribution in [2.24, 2.45) is 0 Å². The molecule has 0 radical (unpaired) electrons. The zero-order chi connectivity index (χ0) is 22.2. The minimum absolute atomic E-state index is 0.343. The molecule has 0 bridgehead atoms. The predicted molar refractivity (Wildman–Crippen MR) is 126 cm³/mol. The maximum absolute atomic E-state index is 11.0. The van der Waals surface area contributed by atoms with E-state index in [1.807, 2.05) is 54.6 Å². The highest BCUT2D eigenvalue weighted by Crippen LogP contribution is 2.21. The summed E-state index contributed by atoms with van der Waals surface area (Å²) in [5, 5.41) is 9.05. The summed E-state index contributed by atoms with van der Waals surface area (Å²) in [6.07, 6.45) is 2.18. The van der Waals surface area contributed by atoms with Crippen molar-refractivity contribution >= 4 is 5.97 Å². The Labute approximate surface area is 189 Å². The van der Waals surface area contributed by atoms with E-state index in [-0.39, 0.29) is 0 Å². The van der Waals surface area contributed by atoms with Gasteiger partial charge in [-0.05, 0) is 73.5 Å². The summed E-state index contributed by atoms with van der Waals surface area (Å²) in [5.41, 5.74) is 2.83. The van der Waals surface area contributed by atoms with Crippen LogP contribution in [0.3, 0.4) is 0 Å². The van der Waals surface area contributed by atoms with Crippen molar-refractivity contribution in [3.05, 3.63) is 95.6 Å². The quantitative estimate of drug-likeness (QED) is 0.549. The van der Waals surface area contributed by atoms with Crippen molar-refractivity contribution in [1.29, 1.82) is 0 Å². The maximum atomic E-state index is 11.0. The summed E-state index contributed by atoms with van der Waals surface area (Å²) in [4.78, 5) is 16.0. The van der Waals surface area contributed by atoms with Crippen molar-refractivity contribution in [3.8, 4) is 11.5 Å².